The molecule has 0 aliphatic heterocycles. The number of aryl methyl sites for hydroxylation is 2. The van der Waals surface area contributed by atoms with E-state index in [4.69, 9.17) is 4.42 Å². The second-order valence-corrected chi connectivity index (χ2v) is 3.52. The molecular formula is C11H11N3O. The van der Waals surface area contributed by atoms with Crippen molar-refractivity contribution >= 4 is 11.1 Å². The lowest BCUT2D eigenvalue weighted by molar-refractivity contribution is 0.523. The third-order valence-corrected chi connectivity index (χ3v) is 2.46. The molecule has 76 valence electrons. The van der Waals surface area contributed by atoms with E-state index in [-0.39, 0.29) is 0 Å². The molecule has 0 bridgehead atoms. The molecule has 0 aromatic carbocycles. The Hall–Kier alpha value is -1.97. The number of furan rings is 1. The van der Waals surface area contributed by atoms with E-state index in [0.717, 1.165) is 29.8 Å². The number of hydrogen-bond acceptors (Lipinski definition) is 2. The number of rotatable bonds is 3. The first-order valence-electron chi connectivity index (χ1n) is 4.93. The zero-order valence-corrected chi connectivity index (χ0v) is 8.18. The van der Waals surface area contributed by atoms with Gasteiger partial charge in [-0.3, -0.25) is 0 Å². The van der Waals surface area contributed by atoms with Crippen molar-refractivity contribution in [1.82, 2.24) is 14.5 Å². The summed E-state index contributed by atoms with van der Waals surface area (Å²) in [5.41, 5.74) is 1.99. The van der Waals surface area contributed by atoms with E-state index in [0.29, 0.717) is 0 Å². The first kappa shape index (κ1) is 8.35. The van der Waals surface area contributed by atoms with E-state index in [1.54, 1.807) is 6.20 Å². The van der Waals surface area contributed by atoms with Crippen LogP contribution in [0, 0.1) is 0 Å². The maximum atomic E-state index is 5.64. The average molecular weight is 201 g/mol. The van der Waals surface area contributed by atoms with Crippen LogP contribution in [0.25, 0.3) is 11.1 Å². The Kier molecular flexibility index (Phi) is 1.84. The molecule has 0 atom stereocenters. The maximum Gasteiger partial charge on any atom is 0.151 e. The third kappa shape index (κ3) is 1.54. The molecule has 0 radical (unpaired) electrons. The molecule has 15 heavy (non-hydrogen) atoms. The second-order valence-electron chi connectivity index (χ2n) is 3.52. The van der Waals surface area contributed by atoms with E-state index in [1.807, 2.05) is 35.4 Å². The highest BCUT2D eigenvalue weighted by atomic mass is 16.3. The minimum atomic E-state index is 0.888. The van der Waals surface area contributed by atoms with Gasteiger partial charge in [0.15, 0.2) is 5.58 Å². The van der Waals surface area contributed by atoms with Crippen LogP contribution in [0.2, 0.25) is 0 Å². The fourth-order valence-corrected chi connectivity index (χ4v) is 1.68. The Morgan fingerprint density at radius 3 is 3.27 bits per heavy atom. The number of nitrogens with zero attached hydrogens (tertiary/aromatic N) is 2. The Morgan fingerprint density at radius 2 is 2.47 bits per heavy atom. The van der Waals surface area contributed by atoms with Gasteiger partial charge in [0.25, 0.3) is 0 Å². The van der Waals surface area contributed by atoms with Gasteiger partial charge < -0.3 is 14.0 Å². The van der Waals surface area contributed by atoms with Crippen LogP contribution in [0.3, 0.4) is 0 Å². The maximum absolute atomic E-state index is 5.64. The molecule has 0 amide bonds. The van der Waals surface area contributed by atoms with Gasteiger partial charge in [0.1, 0.15) is 5.76 Å². The lowest BCUT2D eigenvalue weighted by Crippen LogP contribution is -1.97. The van der Waals surface area contributed by atoms with E-state index in [2.05, 4.69) is 9.97 Å². The van der Waals surface area contributed by atoms with E-state index < -0.39 is 0 Å². The minimum absolute atomic E-state index is 0.888. The van der Waals surface area contributed by atoms with Crippen molar-refractivity contribution in [2.24, 2.45) is 0 Å². The molecule has 4 nitrogen and oxygen atoms in total. The molecule has 3 aromatic heterocycles. The summed E-state index contributed by atoms with van der Waals surface area (Å²) in [5.74, 6) is 1.01. The Bertz CT molecular complexity index is 519. The van der Waals surface area contributed by atoms with Crippen LogP contribution in [0.1, 0.15) is 5.76 Å². The number of nitrogens with one attached hydrogen (secondary N) is 1. The SMILES string of the molecule is c1cn(CCc2cc3[nH]ccc3o2)cn1. The largest absolute Gasteiger partial charge is 0.459 e. The molecule has 4 heteroatoms. The third-order valence-electron chi connectivity index (χ3n) is 2.46. The Balaban J connectivity index is 1.75. The van der Waals surface area contributed by atoms with Crippen molar-refractivity contribution in [3.05, 3.63) is 42.8 Å². The van der Waals surface area contributed by atoms with Crippen molar-refractivity contribution in [3.63, 3.8) is 0 Å². The monoisotopic (exact) mass is 201 g/mol. The van der Waals surface area contributed by atoms with Gasteiger partial charge in [0.2, 0.25) is 0 Å². The second kappa shape index (κ2) is 3.31. The van der Waals surface area contributed by atoms with Crippen LogP contribution >= 0.6 is 0 Å². The van der Waals surface area contributed by atoms with Gasteiger partial charge in [0.05, 0.1) is 11.8 Å². The molecule has 0 unspecified atom stereocenters. The molecule has 3 heterocycles. The fourth-order valence-electron chi connectivity index (χ4n) is 1.68. The van der Waals surface area contributed by atoms with Crippen molar-refractivity contribution in [2.45, 2.75) is 13.0 Å². The van der Waals surface area contributed by atoms with Gasteiger partial charge in [-0.15, -0.1) is 0 Å². The zero-order valence-electron chi connectivity index (χ0n) is 8.18. The lowest BCUT2D eigenvalue weighted by Gasteiger charge is -1.98. The first-order valence-corrected chi connectivity index (χ1v) is 4.93. The molecule has 3 aromatic rings. The molecule has 1 N–H and O–H groups in total. The van der Waals surface area contributed by atoms with Gasteiger partial charge in [-0.05, 0) is 6.07 Å². The Labute approximate surface area is 86.5 Å². The summed E-state index contributed by atoms with van der Waals surface area (Å²) < 4.78 is 7.68. The number of aromatic nitrogens is 3. The number of fused-ring (bicyclic) bond motifs is 1. The molecular weight excluding hydrogens is 190 g/mol. The normalized spacial score (nSPS) is 11.2. The number of hydrogen-bond donors (Lipinski definition) is 1. The van der Waals surface area contributed by atoms with Gasteiger partial charge in [-0.2, -0.15) is 0 Å². The summed E-state index contributed by atoms with van der Waals surface area (Å²) in [6, 6.07) is 3.99. The van der Waals surface area contributed by atoms with Gasteiger partial charge in [0, 0.05) is 37.6 Å². The summed E-state index contributed by atoms with van der Waals surface area (Å²) >= 11 is 0. The number of imidazole rings is 1. The highest BCUT2D eigenvalue weighted by Gasteiger charge is 2.03. The average Bonchev–Trinajstić information content (AvgIpc) is 2.91. The minimum Gasteiger partial charge on any atom is -0.459 e. The molecule has 0 saturated heterocycles. The van der Waals surface area contributed by atoms with Crippen LogP contribution in [0.5, 0.6) is 0 Å². The molecule has 0 aliphatic carbocycles. The topological polar surface area (TPSA) is 46.8 Å². The predicted molar refractivity (Wildman–Crippen MR) is 56.5 cm³/mol. The van der Waals surface area contributed by atoms with E-state index in [1.165, 1.54) is 0 Å². The van der Waals surface area contributed by atoms with Crippen LogP contribution in [-0.2, 0) is 13.0 Å². The van der Waals surface area contributed by atoms with E-state index >= 15 is 0 Å². The quantitative estimate of drug-likeness (QED) is 0.706. The summed E-state index contributed by atoms with van der Waals surface area (Å²) in [4.78, 5) is 7.11. The van der Waals surface area contributed by atoms with Crippen molar-refractivity contribution in [3.8, 4) is 0 Å². The standard InChI is InChI=1S/C11H11N3O/c1-3-13-10-7-9(15-11(1)10)2-5-14-6-4-12-8-14/h1,3-4,6-8,13H,2,5H2. The molecule has 0 saturated carbocycles. The van der Waals surface area contributed by atoms with Crippen molar-refractivity contribution < 1.29 is 4.42 Å². The summed E-state index contributed by atoms with van der Waals surface area (Å²) in [6.45, 7) is 0.899. The van der Waals surface area contributed by atoms with Crippen LogP contribution in [0.4, 0.5) is 0 Å². The highest BCUT2D eigenvalue weighted by Crippen LogP contribution is 2.17. The number of H-pyrrole nitrogens is 1. The summed E-state index contributed by atoms with van der Waals surface area (Å²) in [5, 5.41) is 0. The molecule has 0 aliphatic rings. The van der Waals surface area contributed by atoms with Gasteiger partial charge >= 0.3 is 0 Å². The Morgan fingerprint density at radius 1 is 1.47 bits per heavy atom. The van der Waals surface area contributed by atoms with Crippen molar-refractivity contribution in [1.29, 1.82) is 0 Å². The van der Waals surface area contributed by atoms with Crippen molar-refractivity contribution in [2.75, 3.05) is 0 Å². The molecule has 0 spiro atoms. The van der Waals surface area contributed by atoms with Crippen LogP contribution < -0.4 is 0 Å². The summed E-state index contributed by atoms with van der Waals surface area (Å²) in [6.07, 6.45) is 8.32. The smallest absolute Gasteiger partial charge is 0.151 e. The summed E-state index contributed by atoms with van der Waals surface area (Å²) in [7, 11) is 0. The molecule has 0 fully saturated rings. The zero-order chi connectivity index (χ0) is 10.1. The van der Waals surface area contributed by atoms with Gasteiger partial charge in [-0.25, -0.2) is 4.98 Å². The van der Waals surface area contributed by atoms with E-state index in [9.17, 15) is 0 Å². The fraction of sp³-hybridized carbons (Fsp3) is 0.182. The van der Waals surface area contributed by atoms with Gasteiger partial charge in [-0.1, -0.05) is 0 Å². The van der Waals surface area contributed by atoms with Crippen LogP contribution in [-0.4, -0.2) is 14.5 Å². The lowest BCUT2D eigenvalue weighted by atomic mass is 10.3. The first-order chi connectivity index (χ1) is 7.42. The molecule has 3 rings (SSSR count). The predicted octanol–water partition coefficient (Wildman–Crippen LogP) is 2.20. The highest BCUT2D eigenvalue weighted by molar-refractivity contribution is 5.73. The number of aromatic amines is 1. The van der Waals surface area contributed by atoms with Crippen LogP contribution in [0.15, 0.2) is 41.5 Å².